The lowest BCUT2D eigenvalue weighted by Gasteiger charge is -2.27. The molecule has 9 heavy (non-hydrogen) atoms. The molecule has 3 heteroatoms. The summed E-state index contributed by atoms with van der Waals surface area (Å²) >= 11 is 0. The SMILES string of the molecule is C[C@@H]1CCCCN1N=O. The quantitative estimate of drug-likeness (QED) is 0.502. The van der Waals surface area contributed by atoms with Gasteiger partial charge in [-0.15, -0.1) is 4.91 Å². The highest BCUT2D eigenvalue weighted by atomic mass is 16.3. The first-order valence-corrected chi connectivity index (χ1v) is 3.44. The van der Waals surface area contributed by atoms with Gasteiger partial charge in [0.2, 0.25) is 0 Å². The van der Waals surface area contributed by atoms with Gasteiger partial charge in [0.05, 0.1) is 5.29 Å². The summed E-state index contributed by atoms with van der Waals surface area (Å²) in [5.41, 5.74) is 0. The molecule has 1 rings (SSSR count). The maximum Gasteiger partial charge on any atom is 0.0526 e. The first-order valence-electron chi connectivity index (χ1n) is 3.44. The second kappa shape index (κ2) is 2.80. The minimum absolute atomic E-state index is 0.372. The summed E-state index contributed by atoms with van der Waals surface area (Å²) in [5.74, 6) is 0. The van der Waals surface area contributed by atoms with Crippen LogP contribution in [0.4, 0.5) is 0 Å². The Morgan fingerprint density at radius 3 is 2.78 bits per heavy atom. The van der Waals surface area contributed by atoms with Crippen LogP contribution in [0.25, 0.3) is 0 Å². The molecule has 1 aliphatic rings. The largest absolute Gasteiger partial charge is 0.258 e. The molecule has 1 saturated heterocycles. The maximum atomic E-state index is 10.0. The Morgan fingerprint density at radius 1 is 1.56 bits per heavy atom. The molecular formula is C6H12N2O. The molecule has 0 spiro atoms. The van der Waals surface area contributed by atoms with Crippen LogP contribution in [0.15, 0.2) is 5.29 Å². The van der Waals surface area contributed by atoms with E-state index in [0.717, 1.165) is 19.4 Å². The van der Waals surface area contributed by atoms with Crippen molar-refractivity contribution in [3.63, 3.8) is 0 Å². The van der Waals surface area contributed by atoms with Crippen molar-refractivity contribution < 1.29 is 0 Å². The number of hydrogen-bond acceptors (Lipinski definition) is 2. The average molecular weight is 128 g/mol. The highest BCUT2D eigenvalue weighted by Gasteiger charge is 2.16. The van der Waals surface area contributed by atoms with Gasteiger partial charge >= 0.3 is 0 Å². The Morgan fingerprint density at radius 2 is 2.33 bits per heavy atom. The molecule has 1 atom stereocenters. The Bertz CT molecular complexity index is 105. The normalized spacial score (nSPS) is 28.1. The van der Waals surface area contributed by atoms with E-state index in [4.69, 9.17) is 0 Å². The zero-order valence-electron chi connectivity index (χ0n) is 5.71. The van der Waals surface area contributed by atoms with E-state index in [9.17, 15) is 4.91 Å². The molecule has 1 fully saturated rings. The van der Waals surface area contributed by atoms with Crippen LogP contribution in [-0.2, 0) is 0 Å². The van der Waals surface area contributed by atoms with Gasteiger partial charge in [-0.05, 0) is 26.2 Å². The van der Waals surface area contributed by atoms with Crippen molar-refractivity contribution in [3.05, 3.63) is 4.91 Å². The summed E-state index contributed by atoms with van der Waals surface area (Å²) in [5, 5.41) is 4.54. The fraction of sp³-hybridized carbons (Fsp3) is 1.00. The molecule has 0 unspecified atom stereocenters. The van der Waals surface area contributed by atoms with E-state index in [1.807, 2.05) is 6.92 Å². The number of piperidine rings is 1. The minimum Gasteiger partial charge on any atom is -0.258 e. The summed E-state index contributed by atoms with van der Waals surface area (Å²) in [6, 6.07) is 0.372. The average Bonchev–Trinajstić information content (AvgIpc) is 1.89. The third kappa shape index (κ3) is 1.40. The Labute approximate surface area is 55.0 Å². The van der Waals surface area contributed by atoms with Crippen LogP contribution in [0.1, 0.15) is 26.2 Å². The summed E-state index contributed by atoms with van der Waals surface area (Å²) in [4.78, 5) is 10.0. The first-order chi connectivity index (χ1) is 4.34. The van der Waals surface area contributed by atoms with Gasteiger partial charge in [0, 0.05) is 12.6 Å². The smallest absolute Gasteiger partial charge is 0.0526 e. The molecule has 0 aliphatic carbocycles. The van der Waals surface area contributed by atoms with Crippen molar-refractivity contribution in [1.29, 1.82) is 0 Å². The third-order valence-corrected chi connectivity index (χ3v) is 1.87. The monoisotopic (exact) mass is 128 g/mol. The number of nitrogens with zero attached hydrogens (tertiary/aromatic N) is 2. The van der Waals surface area contributed by atoms with E-state index in [1.165, 1.54) is 6.42 Å². The molecule has 0 aromatic heterocycles. The van der Waals surface area contributed by atoms with Gasteiger partial charge in [-0.1, -0.05) is 0 Å². The van der Waals surface area contributed by atoms with E-state index in [2.05, 4.69) is 5.29 Å². The number of hydrogen-bond donors (Lipinski definition) is 0. The van der Waals surface area contributed by atoms with E-state index < -0.39 is 0 Å². The molecule has 0 N–H and O–H groups in total. The van der Waals surface area contributed by atoms with Gasteiger partial charge in [0.1, 0.15) is 0 Å². The molecule has 0 radical (unpaired) electrons. The summed E-state index contributed by atoms with van der Waals surface area (Å²) < 4.78 is 0. The zero-order valence-corrected chi connectivity index (χ0v) is 5.71. The van der Waals surface area contributed by atoms with Crippen molar-refractivity contribution in [2.45, 2.75) is 32.2 Å². The van der Waals surface area contributed by atoms with Gasteiger partial charge in [0.15, 0.2) is 0 Å². The van der Waals surface area contributed by atoms with E-state index in [-0.39, 0.29) is 0 Å². The topological polar surface area (TPSA) is 32.7 Å². The van der Waals surface area contributed by atoms with Crippen LogP contribution in [0.5, 0.6) is 0 Å². The Hall–Kier alpha value is -0.600. The van der Waals surface area contributed by atoms with Crippen molar-refractivity contribution in [2.75, 3.05) is 6.54 Å². The Balaban J connectivity index is 2.38. The second-order valence-corrected chi connectivity index (χ2v) is 2.59. The van der Waals surface area contributed by atoms with Gasteiger partial charge in [-0.3, -0.25) is 5.01 Å². The van der Waals surface area contributed by atoms with E-state index in [0.29, 0.717) is 6.04 Å². The number of rotatable bonds is 1. The maximum absolute atomic E-state index is 10.0. The Kier molecular flexibility index (Phi) is 2.03. The summed E-state index contributed by atoms with van der Waals surface area (Å²) in [6.07, 6.45) is 3.48. The molecule has 0 amide bonds. The fourth-order valence-electron chi connectivity index (χ4n) is 1.20. The van der Waals surface area contributed by atoms with Crippen LogP contribution in [-0.4, -0.2) is 17.6 Å². The number of nitroso groups, excluding NO2 is 1. The van der Waals surface area contributed by atoms with Crippen molar-refractivity contribution in [2.24, 2.45) is 5.29 Å². The van der Waals surface area contributed by atoms with E-state index in [1.54, 1.807) is 5.01 Å². The molecule has 1 aliphatic heterocycles. The lowest BCUT2D eigenvalue weighted by atomic mass is 10.1. The van der Waals surface area contributed by atoms with Gasteiger partial charge in [0.25, 0.3) is 0 Å². The van der Waals surface area contributed by atoms with Gasteiger partial charge in [-0.25, -0.2) is 0 Å². The third-order valence-electron chi connectivity index (χ3n) is 1.87. The second-order valence-electron chi connectivity index (χ2n) is 2.59. The van der Waals surface area contributed by atoms with Crippen LogP contribution in [0.3, 0.4) is 0 Å². The molecule has 0 saturated carbocycles. The summed E-state index contributed by atoms with van der Waals surface area (Å²) in [7, 11) is 0. The predicted octanol–water partition coefficient (Wildman–Crippen LogP) is 1.54. The van der Waals surface area contributed by atoms with Crippen LogP contribution in [0.2, 0.25) is 0 Å². The van der Waals surface area contributed by atoms with Crippen LogP contribution < -0.4 is 0 Å². The minimum atomic E-state index is 0.372. The highest BCUT2D eigenvalue weighted by molar-refractivity contribution is 4.68. The molecule has 3 nitrogen and oxygen atoms in total. The zero-order chi connectivity index (χ0) is 6.69. The van der Waals surface area contributed by atoms with Crippen molar-refractivity contribution in [3.8, 4) is 0 Å². The molecule has 0 aromatic rings. The predicted molar refractivity (Wildman–Crippen MR) is 35.8 cm³/mol. The van der Waals surface area contributed by atoms with Gasteiger partial charge in [-0.2, -0.15) is 0 Å². The molecule has 0 bridgehead atoms. The van der Waals surface area contributed by atoms with Crippen molar-refractivity contribution in [1.82, 2.24) is 5.01 Å². The van der Waals surface area contributed by atoms with Crippen LogP contribution >= 0.6 is 0 Å². The van der Waals surface area contributed by atoms with E-state index >= 15 is 0 Å². The first kappa shape index (κ1) is 6.52. The molecular weight excluding hydrogens is 116 g/mol. The van der Waals surface area contributed by atoms with Crippen molar-refractivity contribution >= 4 is 0 Å². The fourth-order valence-corrected chi connectivity index (χ4v) is 1.20. The summed E-state index contributed by atoms with van der Waals surface area (Å²) in [6.45, 7) is 2.89. The molecule has 52 valence electrons. The van der Waals surface area contributed by atoms with Crippen LogP contribution in [0, 0.1) is 4.91 Å². The molecule has 1 heterocycles. The standard InChI is InChI=1S/C6H12N2O/c1-6-4-2-3-5-8(6)7-9/h6H,2-5H2,1H3/t6-/m1/s1. The lowest BCUT2D eigenvalue weighted by molar-refractivity contribution is 0.165. The molecule has 0 aromatic carbocycles. The highest BCUT2D eigenvalue weighted by Crippen LogP contribution is 2.15. The lowest BCUT2D eigenvalue weighted by Crippen LogP contribution is -2.32. The van der Waals surface area contributed by atoms with Gasteiger partial charge < -0.3 is 0 Å².